The molecule has 1 unspecified atom stereocenters. The molecule has 0 aliphatic rings. The largest absolute Gasteiger partial charge is 0.338 e. The van der Waals surface area contributed by atoms with Crippen LogP contribution in [0.1, 0.15) is 26.3 Å². The van der Waals surface area contributed by atoms with Gasteiger partial charge >= 0.3 is 0 Å². The van der Waals surface area contributed by atoms with Crippen LogP contribution in [-0.4, -0.2) is 29.4 Å². The molecule has 124 valence electrons. The molecule has 6 heteroatoms. The van der Waals surface area contributed by atoms with Crippen molar-refractivity contribution in [3.8, 4) is 0 Å². The lowest BCUT2D eigenvalue weighted by atomic mass is 9.95. The first-order valence-corrected chi connectivity index (χ1v) is 8.09. The molecule has 0 heterocycles. The highest BCUT2D eigenvalue weighted by Crippen LogP contribution is 2.14. The Morgan fingerprint density at radius 1 is 0.917 bits per heavy atom. The smallest absolute Gasteiger partial charge is 0.235 e. The van der Waals surface area contributed by atoms with Crippen LogP contribution in [0.5, 0.6) is 0 Å². The second-order valence-corrected chi connectivity index (χ2v) is 5.94. The van der Waals surface area contributed by atoms with E-state index in [0.29, 0.717) is 10.6 Å². The molecule has 0 aromatic heterocycles. The molecule has 0 spiro atoms. The predicted molar refractivity (Wildman–Crippen MR) is 93.9 cm³/mol. The van der Waals surface area contributed by atoms with Crippen molar-refractivity contribution in [1.82, 2.24) is 5.32 Å². The number of Topliss-reactive ketones (excluding diaryl/α,β-unsaturated/α-hetero) is 2. The Kier molecular flexibility index (Phi) is 6.12. The van der Waals surface area contributed by atoms with Gasteiger partial charge in [-0.1, -0.05) is 41.4 Å². The molecule has 0 aliphatic heterocycles. The molecule has 0 fully saturated rings. The number of nitrogens with one attached hydrogen (secondary N) is 1. The van der Waals surface area contributed by atoms with Crippen LogP contribution >= 0.6 is 23.2 Å². The van der Waals surface area contributed by atoms with Crippen molar-refractivity contribution in [3.05, 3.63) is 70.2 Å². The van der Waals surface area contributed by atoms with Crippen LogP contribution in [0.4, 0.5) is 0 Å². The standard InChI is InChI=1S/C18H15Cl2NO3/c1-11-2-4-12(5-3-11)17(23)16(21-15(22)10-19)18(24)13-6-8-14(20)9-7-13/h2-9,16H,10H2,1H3,(H,21,22). The van der Waals surface area contributed by atoms with Crippen LogP contribution in [0.3, 0.4) is 0 Å². The first-order valence-electron chi connectivity index (χ1n) is 7.18. The molecular weight excluding hydrogens is 349 g/mol. The summed E-state index contributed by atoms with van der Waals surface area (Å²) < 4.78 is 0. The van der Waals surface area contributed by atoms with Gasteiger partial charge in [0.25, 0.3) is 0 Å². The van der Waals surface area contributed by atoms with E-state index in [1.807, 2.05) is 6.92 Å². The van der Waals surface area contributed by atoms with Crippen molar-refractivity contribution in [3.63, 3.8) is 0 Å². The number of halogens is 2. The fourth-order valence-electron chi connectivity index (χ4n) is 2.12. The number of hydrogen-bond acceptors (Lipinski definition) is 3. The van der Waals surface area contributed by atoms with E-state index >= 15 is 0 Å². The zero-order valence-electron chi connectivity index (χ0n) is 12.9. The Labute approximate surface area is 149 Å². The van der Waals surface area contributed by atoms with E-state index in [-0.39, 0.29) is 11.4 Å². The molecule has 1 amide bonds. The van der Waals surface area contributed by atoms with Gasteiger partial charge in [-0.2, -0.15) is 0 Å². The minimum atomic E-state index is -1.33. The molecular formula is C18H15Cl2NO3. The van der Waals surface area contributed by atoms with E-state index in [9.17, 15) is 14.4 Å². The molecule has 0 saturated carbocycles. The van der Waals surface area contributed by atoms with E-state index in [4.69, 9.17) is 23.2 Å². The number of carbonyl (C=O) groups is 3. The van der Waals surface area contributed by atoms with E-state index in [1.54, 1.807) is 36.4 Å². The summed E-state index contributed by atoms with van der Waals surface area (Å²) in [7, 11) is 0. The van der Waals surface area contributed by atoms with Crippen molar-refractivity contribution in [1.29, 1.82) is 0 Å². The number of amides is 1. The molecule has 0 aliphatic carbocycles. The van der Waals surface area contributed by atoms with Crippen molar-refractivity contribution in [2.75, 3.05) is 5.88 Å². The van der Waals surface area contributed by atoms with Crippen LogP contribution in [0.25, 0.3) is 0 Å². The summed E-state index contributed by atoms with van der Waals surface area (Å²) >= 11 is 11.3. The Morgan fingerprint density at radius 3 is 1.83 bits per heavy atom. The molecule has 0 bridgehead atoms. The molecule has 1 atom stereocenters. The number of ketones is 2. The van der Waals surface area contributed by atoms with Crippen molar-refractivity contribution in [2.45, 2.75) is 13.0 Å². The highest BCUT2D eigenvalue weighted by Gasteiger charge is 2.29. The number of rotatable bonds is 6. The number of carbonyl (C=O) groups excluding carboxylic acids is 3. The van der Waals surface area contributed by atoms with Crippen LogP contribution in [0.2, 0.25) is 5.02 Å². The zero-order valence-corrected chi connectivity index (χ0v) is 14.4. The molecule has 2 aromatic carbocycles. The second kappa shape index (κ2) is 8.08. The summed E-state index contributed by atoms with van der Waals surface area (Å²) in [5, 5.41) is 2.86. The molecule has 0 saturated heterocycles. The third-order valence-corrected chi connectivity index (χ3v) is 3.91. The molecule has 0 radical (unpaired) electrons. The minimum absolute atomic E-state index is 0.278. The number of alkyl halides is 1. The summed E-state index contributed by atoms with van der Waals surface area (Å²) in [5.41, 5.74) is 1.60. The lowest BCUT2D eigenvalue weighted by Gasteiger charge is -2.16. The molecule has 1 N–H and O–H groups in total. The Morgan fingerprint density at radius 2 is 1.38 bits per heavy atom. The SMILES string of the molecule is Cc1ccc(C(=O)C(NC(=O)CCl)C(=O)c2ccc(Cl)cc2)cc1. The highest BCUT2D eigenvalue weighted by atomic mass is 35.5. The van der Waals surface area contributed by atoms with Gasteiger partial charge in [0.1, 0.15) is 5.88 Å². The molecule has 4 nitrogen and oxygen atoms in total. The molecule has 24 heavy (non-hydrogen) atoms. The van der Waals surface area contributed by atoms with Gasteiger partial charge in [0.05, 0.1) is 0 Å². The number of aryl methyl sites for hydroxylation is 1. The second-order valence-electron chi connectivity index (χ2n) is 5.24. The van der Waals surface area contributed by atoms with Crippen molar-refractivity contribution < 1.29 is 14.4 Å². The average Bonchev–Trinajstić information content (AvgIpc) is 2.59. The van der Waals surface area contributed by atoms with Crippen LogP contribution in [0.15, 0.2) is 48.5 Å². The third-order valence-electron chi connectivity index (χ3n) is 3.42. The lowest BCUT2D eigenvalue weighted by molar-refractivity contribution is -0.118. The van der Waals surface area contributed by atoms with Crippen LogP contribution < -0.4 is 5.32 Å². The third kappa shape index (κ3) is 4.43. The van der Waals surface area contributed by atoms with E-state index in [2.05, 4.69) is 5.32 Å². The average molecular weight is 364 g/mol. The van der Waals surface area contributed by atoms with Gasteiger partial charge in [-0.05, 0) is 31.2 Å². The highest BCUT2D eigenvalue weighted by molar-refractivity contribution is 6.31. The number of hydrogen-bond donors (Lipinski definition) is 1. The maximum atomic E-state index is 12.7. The summed E-state index contributed by atoms with van der Waals surface area (Å²) in [4.78, 5) is 37.0. The number of benzene rings is 2. The first-order chi connectivity index (χ1) is 11.4. The van der Waals surface area contributed by atoms with Crippen LogP contribution in [-0.2, 0) is 4.79 Å². The Bertz CT molecular complexity index is 697. The quantitative estimate of drug-likeness (QED) is 0.485. The van der Waals surface area contributed by atoms with Gasteiger partial charge in [-0.15, -0.1) is 11.6 Å². The molecule has 2 rings (SSSR count). The normalized spacial score (nSPS) is 11.6. The summed E-state index contributed by atoms with van der Waals surface area (Å²) in [6.45, 7) is 1.89. The van der Waals surface area contributed by atoms with Gasteiger partial charge in [-0.3, -0.25) is 14.4 Å². The van der Waals surface area contributed by atoms with Crippen molar-refractivity contribution in [2.24, 2.45) is 0 Å². The van der Waals surface area contributed by atoms with E-state index < -0.39 is 23.5 Å². The topological polar surface area (TPSA) is 63.2 Å². The minimum Gasteiger partial charge on any atom is -0.338 e. The Balaban J connectivity index is 2.34. The van der Waals surface area contributed by atoms with Gasteiger partial charge in [0, 0.05) is 16.1 Å². The fraction of sp³-hybridized carbons (Fsp3) is 0.167. The fourth-order valence-corrected chi connectivity index (χ4v) is 2.32. The zero-order chi connectivity index (χ0) is 17.7. The lowest BCUT2D eigenvalue weighted by Crippen LogP contribution is -2.47. The van der Waals surface area contributed by atoms with Gasteiger partial charge in [0.2, 0.25) is 5.91 Å². The van der Waals surface area contributed by atoms with Crippen LogP contribution in [0, 0.1) is 6.92 Å². The summed E-state index contributed by atoms with van der Waals surface area (Å²) in [5.74, 6) is -1.94. The van der Waals surface area contributed by atoms with Gasteiger partial charge in [0.15, 0.2) is 17.6 Å². The van der Waals surface area contributed by atoms with E-state index in [1.165, 1.54) is 12.1 Å². The van der Waals surface area contributed by atoms with Gasteiger partial charge < -0.3 is 5.32 Å². The summed E-state index contributed by atoms with van der Waals surface area (Å²) in [6, 6.07) is 11.5. The van der Waals surface area contributed by atoms with Crippen molar-refractivity contribution >= 4 is 40.7 Å². The van der Waals surface area contributed by atoms with Gasteiger partial charge in [-0.25, -0.2) is 0 Å². The first kappa shape index (κ1) is 18.2. The molecule has 2 aromatic rings. The Hall–Kier alpha value is -2.17. The maximum absolute atomic E-state index is 12.7. The maximum Gasteiger partial charge on any atom is 0.235 e. The summed E-state index contributed by atoms with van der Waals surface area (Å²) in [6.07, 6.45) is 0. The monoisotopic (exact) mass is 363 g/mol. The predicted octanol–water partition coefficient (Wildman–Crippen LogP) is 3.44. The van der Waals surface area contributed by atoms with E-state index in [0.717, 1.165) is 5.56 Å².